The molecule has 1 N–H and O–H groups in total. The van der Waals surface area contributed by atoms with Crippen molar-refractivity contribution in [3.63, 3.8) is 0 Å². The van der Waals surface area contributed by atoms with Crippen LogP contribution in [0.15, 0.2) is 28.6 Å². The van der Waals surface area contributed by atoms with E-state index in [1.807, 2.05) is 13.8 Å². The lowest BCUT2D eigenvalue weighted by molar-refractivity contribution is 0.603. The SMILES string of the molecule is Cc1ccc(S(=O)(=O)Nc2cnc3c(c2)c(C)nn3C)s1. The molecule has 0 radical (unpaired) electrons. The molecule has 3 aromatic heterocycles. The number of hydrogen-bond acceptors (Lipinski definition) is 5. The largest absolute Gasteiger partial charge is 0.277 e. The van der Waals surface area contributed by atoms with Crippen LogP contribution in [0.4, 0.5) is 5.69 Å². The predicted molar refractivity (Wildman–Crippen MR) is 83.1 cm³/mol. The van der Waals surface area contributed by atoms with Crippen LogP contribution >= 0.6 is 11.3 Å². The Balaban J connectivity index is 2.00. The van der Waals surface area contributed by atoms with Gasteiger partial charge in [-0.15, -0.1) is 11.3 Å². The van der Waals surface area contributed by atoms with Crippen molar-refractivity contribution >= 4 is 38.1 Å². The summed E-state index contributed by atoms with van der Waals surface area (Å²) in [4.78, 5) is 5.21. The van der Waals surface area contributed by atoms with Gasteiger partial charge in [-0.05, 0) is 32.0 Å². The van der Waals surface area contributed by atoms with Crippen LogP contribution in [0.25, 0.3) is 11.0 Å². The third-order valence-corrected chi connectivity index (χ3v) is 5.97. The average molecular weight is 322 g/mol. The quantitative estimate of drug-likeness (QED) is 0.803. The lowest BCUT2D eigenvalue weighted by atomic mass is 10.3. The first-order chi connectivity index (χ1) is 9.87. The number of aromatic nitrogens is 3. The predicted octanol–water partition coefficient (Wildman–Crippen LogP) is 2.45. The van der Waals surface area contributed by atoms with E-state index in [1.54, 1.807) is 29.9 Å². The van der Waals surface area contributed by atoms with Gasteiger partial charge in [0.25, 0.3) is 10.0 Å². The van der Waals surface area contributed by atoms with E-state index < -0.39 is 10.0 Å². The fourth-order valence-corrected chi connectivity index (χ4v) is 4.44. The Morgan fingerprint density at radius 1 is 1.29 bits per heavy atom. The first-order valence-electron chi connectivity index (χ1n) is 6.25. The lowest BCUT2D eigenvalue weighted by Gasteiger charge is -2.06. The zero-order valence-electron chi connectivity index (χ0n) is 11.8. The minimum atomic E-state index is -3.57. The molecule has 21 heavy (non-hydrogen) atoms. The van der Waals surface area contributed by atoms with E-state index in [0.717, 1.165) is 21.6 Å². The van der Waals surface area contributed by atoms with Gasteiger partial charge in [0.05, 0.1) is 17.6 Å². The number of pyridine rings is 1. The summed E-state index contributed by atoms with van der Waals surface area (Å²) in [7, 11) is -1.76. The molecule has 0 fully saturated rings. The van der Waals surface area contributed by atoms with Gasteiger partial charge in [0.2, 0.25) is 0 Å². The highest BCUT2D eigenvalue weighted by Crippen LogP contribution is 2.25. The molecular weight excluding hydrogens is 308 g/mol. The van der Waals surface area contributed by atoms with Gasteiger partial charge >= 0.3 is 0 Å². The second-order valence-corrected chi connectivity index (χ2v) is 7.97. The van der Waals surface area contributed by atoms with Crippen molar-refractivity contribution in [1.29, 1.82) is 0 Å². The maximum atomic E-state index is 12.3. The summed E-state index contributed by atoms with van der Waals surface area (Å²) in [6, 6.07) is 5.14. The van der Waals surface area contributed by atoms with E-state index in [-0.39, 0.29) is 0 Å². The third kappa shape index (κ3) is 2.52. The summed E-state index contributed by atoms with van der Waals surface area (Å²) in [5, 5.41) is 5.10. The Morgan fingerprint density at radius 3 is 2.71 bits per heavy atom. The summed E-state index contributed by atoms with van der Waals surface area (Å²) in [6.07, 6.45) is 1.50. The molecule has 0 aliphatic heterocycles. The van der Waals surface area contributed by atoms with Crippen LogP contribution in [0, 0.1) is 13.8 Å². The van der Waals surface area contributed by atoms with Gasteiger partial charge in [-0.1, -0.05) is 0 Å². The van der Waals surface area contributed by atoms with Gasteiger partial charge in [-0.2, -0.15) is 5.10 Å². The molecule has 0 aromatic carbocycles. The number of nitrogens with zero attached hydrogens (tertiary/aromatic N) is 3. The van der Waals surface area contributed by atoms with Gasteiger partial charge in [-0.25, -0.2) is 13.4 Å². The minimum Gasteiger partial charge on any atom is -0.277 e. The molecule has 6 nitrogen and oxygen atoms in total. The lowest BCUT2D eigenvalue weighted by Crippen LogP contribution is -2.11. The highest BCUT2D eigenvalue weighted by Gasteiger charge is 2.17. The van der Waals surface area contributed by atoms with Crippen molar-refractivity contribution in [3.05, 3.63) is 35.0 Å². The first-order valence-corrected chi connectivity index (χ1v) is 8.55. The standard InChI is InChI=1S/C13H14N4O2S2/c1-8-4-5-12(20-8)21(18,19)16-10-6-11-9(2)15-17(3)13(11)14-7-10/h4-7,16H,1-3H3. The Labute approximate surface area is 126 Å². The molecule has 3 aromatic rings. The van der Waals surface area contributed by atoms with Crippen molar-refractivity contribution < 1.29 is 8.42 Å². The maximum absolute atomic E-state index is 12.3. The summed E-state index contributed by atoms with van der Waals surface area (Å²) < 4.78 is 29.1. The molecule has 0 atom stereocenters. The highest BCUT2D eigenvalue weighted by atomic mass is 32.2. The molecule has 0 saturated carbocycles. The van der Waals surface area contributed by atoms with E-state index in [2.05, 4.69) is 14.8 Å². The van der Waals surface area contributed by atoms with E-state index in [1.165, 1.54) is 17.5 Å². The van der Waals surface area contributed by atoms with E-state index >= 15 is 0 Å². The van der Waals surface area contributed by atoms with Crippen LogP contribution in [0.1, 0.15) is 10.6 Å². The number of anilines is 1. The van der Waals surface area contributed by atoms with E-state index in [9.17, 15) is 8.42 Å². The summed E-state index contributed by atoms with van der Waals surface area (Å²) in [5.74, 6) is 0. The van der Waals surface area contributed by atoms with Crippen LogP contribution in [-0.2, 0) is 17.1 Å². The van der Waals surface area contributed by atoms with Gasteiger partial charge in [0.1, 0.15) is 4.21 Å². The Kier molecular flexibility index (Phi) is 3.22. The van der Waals surface area contributed by atoms with Crippen LogP contribution in [-0.4, -0.2) is 23.2 Å². The normalized spacial score (nSPS) is 12.0. The third-order valence-electron chi connectivity index (χ3n) is 3.10. The van der Waals surface area contributed by atoms with Gasteiger partial charge in [0, 0.05) is 17.3 Å². The fraction of sp³-hybridized carbons (Fsp3) is 0.231. The van der Waals surface area contributed by atoms with Crippen molar-refractivity contribution in [3.8, 4) is 0 Å². The van der Waals surface area contributed by atoms with Crippen molar-refractivity contribution in [1.82, 2.24) is 14.8 Å². The van der Waals surface area contributed by atoms with Crippen molar-refractivity contribution in [2.75, 3.05) is 4.72 Å². The van der Waals surface area contributed by atoms with Crippen LogP contribution in [0.2, 0.25) is 0 Å². The molecule has 0 unspecified atom stereocenters. The zero-order chi connectivity index (χ0) is 15.2. The number of sulfonamides is 1. The summed E-state index contributed by atoms with van der Waals surface area (Å²) in [5.41, 5.74) is 1.97. The molecule has 3 heterocycles. The van der Waals surface area contributed by atoms with Crippen molar-refractivity contribution in [2.45, 2.75) is 18.1 Å². The average Bonchev–Trinajstić information content (AvgIpc) is 2.95. The molecule has 0 bridgehead atoms. The van der Waals surface area contributed by atoms with Crippen LogP contribution in [0.5, 0.6) is 0 Å². The second kappa shape index (κ2) is 4.81. The maximum Gasteiger partial charge on any atom is 0.271 e. The molecule has 0 saturated heterocycles. The Bertz CT molecular complexity index is 925. The number of aryl methyl sites for hydroxylation is 3. The molecule has 0 spiro atoms. The number of fused-ring (bicyclic) bond motifs is 1. The summed E-state index contributed by atoms with van der Waals surface area (Å²) >= 11 is 1.24. The summed E-state index contributed by atoms with van der Waals surface area (Å²) in [6.45, 7) is 3.74. The second-order valence-electron chi connectivity index (χ2n) is 4.77. The zero-order valence-corrected chi connectivity index (χ0v) is 13.4. The van der Waals surface area contributed by atoms with Crippen molar-refractivity contribution in [2.24, 2.45) is 7.05 Å². The number of rotatable bonds is 3. The number of nitrogens with one attached hydrogen (secondary N) is 1. The van der Waals surface area contributed by atoms with Gasteiger partial charge in [0.15, 0.2) is 5.65 Å². The molecule has 110 valence electrons. The van der Waals surface area contributed by atoms with E-state index in [4.69, 9.17) is 0 Å². The van der Waals surface area contributed by atoms with E-state index in [0.29, 0.717) is 9.90 Å². The first kappa shape index (κ1) is 14.0. The van der Waals surface area contributed by atoms with Crippen LogP contribution < -0.4 is 4.72 Å². The molecular formula is C13H14N4O2S2. The minimum absolute atomic E-state index is 0.294. The highest BCUT2D eigenvalue weighted by molar-refractivity contribution is 7.94. The number of hydrogen-bond donors (Lipinski definition) is 1. The van der Waals surface area contributed by atoms with Gasteiger partial charge < -0.3 is 0 Å². The molecule has 0 amide bonds. The monoisotopic (exact) mass is 322 g/mol. The number of thiophene rings is 1. The fourth-order valence-electron chi connectivity index (χ4n) is 2.13. The van der Waals surface area contributed by atoms with Crippen LogP contribution in [0.3, 0.4) is 0 Å². The Morgan fingerprint density at radius 2 is 2.05 bits per heavy atom. The molecule has 3 rings (SSSR count). The molecule has 8 heteroatoms. The molecule has 0 aliphatic rings. The Hall–Kier alpha value is -1.93. The smallest absolute Gasteiger partial charge is 0.271 e. The topological polar surface area (TPSA) is 76.9 Å². The molecule has 0 aliphatic carbocycles. The van der Waals surface area contributed by atoms with Gasteiger partial charge in [-0.3, -0.25) is 9.40 Å².